The number of hydrogen-bond acceptors (Lipinski definition) is 4. The van der Waals surface area contributed by atoms with Crippen LogP contribution in [0.15, 0.2) is 18.2 Å². The normalized spacial score (nSPS) is 17.4. The predicted octanol–water partition coefficient (Wildman–Crippen LogP) is 2.75. The molecule has 0 aliphatic carbocycles. The maximum absolute atomic E-state index is 12.5. The van der Waals surface area contributed by atoms with Gasteiger partial charge in [0, 0.05) is 11.1 Å². The number of hydrogen-bond donors (Lipinski definition) is 1. The largest absolute Gasteiger partial charge is 0.494 e. The Morgan fingerprint density at radius 1 is 1.33 bits per heavy atom. The van der Waals surface area contributed by atoms with Gasteiger partial charge in [0.05, 0.1) is 13.2 Å². The Kier molecular flexibility index (Phi) is 5.59. The summed E-state index contributed by atoms with van der Waals surface area (Å²) in [6.45, 7) is 7.90. The van der Waals surface area contributed by atoms with E-state index >= 15 is 0 Å². The fourth-order valence-corrected chi connectivity index (χ4v) is 2.75. The van der Waals surface area contributed by atoms with E-state index in [9.17, 15) is 14.4 Å². The predicted molar refractivity (Wildman–Crippen MR) is 89.9 cm³/mol. The zero-order valence-electron chi connectivity index (χ0n) is 14.6. The molecule has 1 atom stereocenters. The minimum absolute atomic E-state index is 0.0748. The van der Waals surface area contributed by atoms with Crippen LogP contribution in [-0.2, 0) is 11.3 Å². The first-order valence-corrected chi connectivity index (χ1v) is 8.22. The summed E-state index contributed by atoms with van der Waals surface area (Å²) >= 11 is 0. The first-order chi connectivity index (χ1) is 11.3. The van der Waals surface area contributed by atoms with Gasteiger partial charge in [-0.1, -0.05) is 13.8 Å². The quantitative estimate of drug-likeness (QED) is 0.615. The Bertz CT molecular complexity index is 654. The van der Waals surface area contributed by atoms with Crippen molar-refractivity contribution in [1.29, 1.82) is 0 Å². The van der Waals surface area contributed by atoms with Crippen LogP contribution in [0.2, 0.25) is 0 Å². The van der Waals surface area contributed by atoms with Crippen molar-refractivity contribution in [3.63, 3.8) is 0 Å². The van der Waals surface area contributed by atoms with Gasteiger partial charge in [0.2, 0.25) is 0 Å². The molecule has 6 heteroatoms. The van der Waals surface area contributed by atoms with Crippen LogP contribution in [-0.4, -0.2) is 35.3 Å². The summed E-state index contributed by atoms with van der Waals surface area (Å²) in [5.41, 5.74) is 1.18. The number of urea groups is 1. The molecule has 0 radical (unpaired) electrons. The Morgan fingerprint density at radius 2 is 2.04 bits per heavy atom. The summed E-state index contributed by atoms with van der Waals surface area (Å²) in [4.78, 5) is 37.4. The molecule has 0 saturated carbocycles. The Morgan fingerprint density at radius 3 is 2.62 bits per heavy atom. The number of rotatable bonds is 7. The molecule has 24 heavy (non-hydrogen) atoms. The van der Waals surface area contributed by atoms with Crippen molar-refractivity contribution in [2.24, 2.45) is 5.92 Å². The standard InChI is InChI=1S/C18H24N2O4/c1-5-24-16-7-6-13(12(4)21)9-14(16)10-20-17(22)15(8-11(2)3)19-18(20)23/h6-7,9,11,15H,5,8,10H2,1-4H3,(H,19,23). The number of Topliss-reactive ketones (excluding diaryl/α,β-unsaturated/α-hetero) is 1. The van der Waals surface area contributed by atoms with E-state index in [0.717, 1.165) is 0 Å². The average Bonchev–Trinajstić information content (AvgIpc) is 2.75. The Balaban J connectivity index is 2.25. The number of imide groups is 1. The maximum Gasteiger partial charge on any atom is 0.325 e. The van der Waals surface area contributed by atoms with Gasteiger partial charge in [-0.15, -0.1) is 0 Å². The highest BCUT2D eigenvalue weighted by atomic mass is 16.5. The third kappa shape index (κ3) is 3.93. The first kappa shape index (κ1) is 18.0. The monoisotopic (exact) mass is 332 g/mol. The maximum atomic E-state index is 12.5. The van der Waals surface area contributed by atoms with E-state index in [1.807, 2.05) is 20.8 Å². The highest BCUT2D eigenvalue weighted by molar-refractivity contribution is 6.04. The third-order valence-corrected chi connectivity index (χ3v) is 3.91. The number of nitrogens with zero attached hydrogens (tertiary/aromatic N) is 1. The smallest absolute Gasteiger partial charge is 0.325 e. The minimum atomic E-state index is -0.482. The molecule has 0 aromatic heterocycles. The molecule has 130 valence electrons. The number of nitrogens with one attached hydrogen (secondary N) is 1. The highest BCUT2D eigenvalue weighted by Crippen LogP contribution is 2.25. The van der Waals surface area contributed by atoms with Crippen LogP contribution in [0.3, 0.4) is 0 Å². The number of benzene rings is 1. The molecule has 1 heterocycles. The van der Waals surface area contributed by atoms with E-state index in [0.29, 0.717) is 35.8 Å². The van der Waals surface area contributed by atoms with Crippen LogP contribution in [0.25, 0.3) is 0 Å². The molecule has 0 bridgehead atoms. The van der Waals surface area contributed by atoms with Crippen LogP contribution in [0.4, 0.5) is 4.79 Å². The van der Waals surface area contributed by atoms with E-state index in [1.165, 1.54) is 11.8 Å². The molecule has 1 fully saturated rings. The van der Waals surface area contributed by atoms with Crippen molar-refractivity contribution in [2.45, 2.75) is 46.7 Å². The van der Waals surface area contributed by atoms with Gasteiger partial charge >= 0.3 is 6.03 Å². The van der Waals surface area contributed by atoms with Gasteiger partial charge in [-0.2, -0.15) is 0 Å². The summed E-state index contributed by atoms with van der Waals surface area (Å²) in [6, 6.07) is 4.19. The van der Waals surface area contributed by atoms with Crippen molar-refractivity contribution in [3.8, 4) is 5.75 Å². The molecule has 1 saturated heterocycles. The number of carbonyl (C=O) groups is 3. The van der Waals surface area contributed by atoms with E-state index in [-0.39, 0.29) is 18.2 Å². The second-order valence-electron chi connectivity index (χ2n) is 6.37. The molecule has 6 nitrogen and oxygen atoms in total. The van der Waals surface area contributed by atoms with E-state index in [4.69, 9.17) is 4.74 Å². The van der Waals surface area contributed by atoms with E-state index in [1.54, 1.807) is 18.2 Å². The van der Waals surface area contributed by atoms with Crippen molar-refractivity contribution in [1.82, 2.24) is 10.2 Å². The highest BCUT2D eigenvalue weighted by Gasteiger charge is 2.38. The van der Waals surface area contributed by atoms with Gasteiger partial charge in [-0.3, -0.25) is 14.5 Å². The topological polar surface area (TPSA) is 75.7 Å². The zero-order valence-corrected chi connectivity index (χ0v) is 14.6. The molecular weight excluding hydrogens is 308 g/mol. The van der Waals surface area contributed by atoms with Crippen molar-refractivity contribution in [2.75, 3.05) is 6.61 Å². The van der Waals surface area contributed by atoms with Gasteiger partial charge in [0.25, 0.3) is 5.91 Å². The van der Waals surface area contributed by atoms with Gasteiger partial charge in [0.1, 0.15) is 11.8 Å². The van der Waals surface area contributed by atoms with E-state index < -0.39 is 12.1 Å². The van der Waals surface area contributed by atoms with Gasteiger partial charge in [-0.05, 0) is 44.4 Å². The van der Waals surface area contributed by atoms with Gasteiger partial charge in [0.15, 0.2) is 5.78 Å². The number of amides is 3. The van der Waals surface area contributed by atoms with Crippen LogP contribution >= 0.6 is 0 Å². The minimum Gasteiger partial charge on any atom is -0.494 e. The number of carbonyl (C=O) groups excluding carboxylic acids is 3. The van der Waals surface area contributed by atoms with Crippen LogP contribution in [0.1, 0.15) is 50.0 Å². The summed E-state index contributed by atoms with van der Waals surface area (Å²) < 4.78 is 5.56. The summed E-state index contributed by atoms with van der Waals surface area (Å²) in [5, 5.41) is 2.72. The molecule has 0 spiro atoms. The number of ether oxygens (including phenoxy) is 1. The molecule has 1 aliphatic rings. The lowest BCUT2D eigenvalue weighted by Crippen LogP contribution is -2.31. The molecule has 1 aromatic rings. The SMILES string of the molecule is CCOc1ccc(C(C)=O)cc1CN1C(=O)NC(CC(C)C)C1=O. The van der Waals surface area contributed by atoms with E-state index in [2.05, 4.69) is 5.32 Å². The number of ketones is 1. The molecule has 1 unspecified atom stereocenters. The van der Waals surface area contributed by atoms with Crippen LogP contribution in [0, 0.1) is 5.92 Å². The fourth-order valence-electron chi connectivity index (χ4n) is 2.75. The second kappa shape index (κ2) is 7.47. The molecular formula is C18H24N2O4. The lowest BCUT2D eigenvalue weighted by molar-refractivity contribution is -0.128. The lowest BCUT2D eigenvalue weighted by Gasteiger charge is -2.17. The molecule has 1 N–H and O–H groups in total. The molecule has 2 rings (SSSR count). The summed E-state index contributed by atoms with van der Waals surface area (Å²) in [5.74, 6) is 0.577. The van der Waals surface area contributed by atoms with Crippen molar-refractivity contribution in [3.05, 3.63) is 29.3 Å². The lowest BCUT2D eigenvalue weighted by atomic mass is 10.0. The summed E-state index contributed by atoms with van der Waals surface area (Å²) in [7, 11) is 0. The molecule has 1 aliphatic heterocycles. The first-order valence-electron chi connectivity index (χ1n) is 8.22. The second-order valence-corrected chi connectivity index (χ2v) is 6.37. The average molecular weight is 332 g/mol. The van der Waals surface area contributed by atoms with Gasteiger partial charge in [-0.25, -0.2) is 4.79 Å². The van der Waals surface area contributed by atoms with Crippen molar-refractivity contribution < 1.29 is 19.1 Å². The van der Waals surface area contributed by atoms with Crippen LogP contribution < -0.4 is 10.1 Å². The molecule has 3 amide bonds. The zero-order chi connectivity index (χ0) is 17.9. The van der Waals surface area contributed by atoms with Crippen molar-refractivity contribution >= 4 is 17.7 Å². The third-order valence-electron chi connectivity index (χ3n) is 3.91. The Labute approximate surface area is 142 Å². The van der Waals surface area contributed by atoms with Crippen LogP contribution in [0.5, 0.6) is 5.75 Å². The van der Waals surface area contributed by atoms with Gasteiger partial charge < -0.3 is 10.1 Å². The fraction of sp³-hybridized carbons (Fsp3) is 0.500. The summed E-state index contributed by atoms with van der Waals surface area (Å²) in [6.07, 6.45) is 0.604. The Hall–Kier alpha value is -2.37. The molecule has 1 aromatic carbocycles.